The molecule has 3 rings (SSSR count). The second kappa shape index (κ2) is 9.30. The van der Waals surface area contributed by atoms with Crippen molar-refractivity contribution in [3.8, 4) is 0 Å². The molecule has 0 atom stereocenters. The highest BCUT2D eigenvalue weighted by Crippen LogP contribution is 2.32. The Hall–Kier alpha value is -1.76. The minimum atomic E-state index is 0.948. The zero-order valence-electron chi connectivity index (χ0n) is 15.1. The molecular weight excluding hydrogens is 266 g/mol. The second-order valence-electron chi connectivity index (χ2n) is 5.42. The van der Waals surface area contributed by atoms with E-state index in [-0.39, 0.29) is 0 Å². The molecule has 22 heavy (non-hydrogen) atoms. The SMILES string of the molecule is CC.CC1=C(C)c2c(ccc3ccccc23)CN1.CCCC. The lowest BCUT2D eigenvalue weighted by molar-refractivity contribution is 0.796. The van der Waals surface area contributed by atoms with E-state index in [1.54, 1.807) is 0 Å². The van der Waals surface area contributed by atoms with Gasteiger partial charge in [-0.2, -0.15) is 0 Å². The zero-order valence-corrected chi connectivity index (χ0v) is 15.1. The molecule has 120 valence electrons. The Kier molecular flexibility index (Phi) is 7.73. The van der Waals surface area contributed by atoms with E-state index in [2.05, 4.69) is 69.4 Å². The maximum atomic E-state index is 3.43. The first-order valence-electron chi connectivity index (χ1n) is 8.61. The fourth-order valence-electron chi connectivity index (χ4n) is 2.45. The Morgan fingerprint density at radius 1 is 0.909 bits per heavy atom. The van der Waals surface area contributed by atoms with Gasteiger partial charge in [-0.15, -0.1) is 0 Å². The number of hydrogen-bond acceptors (Lipinski definition) is 1. The topological polar surface area (TPSA) is 12.0 Å². The first-order chi connectivity index (χ1) is 10.7. The Morgan fingerprint density at radius 3 is 2.18 bits per heavy atom. The number of rotatable bonds is 1. The summed E-state index contributed by atoms with van der Waals surface area (Å²) in [6.07, 6.45) is 2.64. The molecule has 1 aliphatic heterocycles. The summed E-state index contributed by atoms with van der Waals surface area (Å²) in [6.45, 7) is 13.7. The summed E-state index contributed by atoms with van der Waals surface area (Å²) in [5.74, 6) is 0. The van der Waals surface area contributed by atoms with Crippen molar-refractivity contribution < 1.29 is 0 Å². The number of benzene rings is 2. The normalized spacial score (nSPS) is 12.5. The van der Waals surface area contributed by atoms with Crippen LogP contribution >= 0.6 is 0 Å². The number of nitrogens with one attached hydrogen (secondary N) is 1. The molecule has 0 fully saturated rings. The van der Waals surface area contributed by atoms with Crippen LogP contribution in [0, 0.1) is 0 Å². The third-order valence-corrected chi connectivity index (χ3v) is 4.00. The molecule has 0 aromatic heterocycles. The molecule has 1 heteroatoms. The predicted octanol–water partition coefficient (Wildman–Crippen LogP) is 6.53. The van der Waals surface area contributed by atoms with E-state index in [1.807, 2.05) is 13.8 Å². The van der Waals surface area contributed by atoms with Crippen LogP contribution in [0.15, 0.2) is 42.1 Å². The molecule has 0 saturated carbocycles. The summed E-state index contributed by atoms with van der Waals surface area (Å²) in [4.78, 5) is 0. The van der Waals surface area contributed by atoms with E-state index < -0.39 is 0 Å². The van der Waals surface area contributed by atoms with Crippen molar-refractivity contribution in [2.24, 2.45) is 0 Å². The van der Waals surface area contributed by atoms with Crippen LogP contribution in [-0.4, -0.2) is 0 Å². The van der Waals surface area contributed by atoms with Gasteiger partial charge in [0.15, 0.2) is 0 Å². The number of unbranched alkanes of at least 4 members (excludes halogenated alkanes) is 1. The van der Waals surface area contributed by atoms with Crippen molar-refractivity contribution in [3.63, 3.8) is 0 Å². The van der Waals surface area contributed by atoms with Crippen LogP contribution in [0.5, 0.6) is 0 Å². The smallest absolute Gasteiger partial charge is 0.0404 e. The van der Waals surface area contributed by atoms with Gasteiger partial charge in [0, 0.05) is 12.2 Å². The highest BCUT2D eigenvalue weighted by Gasteiger charge is 2.15. The van der Waals surface area contributed by atoms with Gasteiger partial charge in [-0.1, -0.05) is 76.9 Å². The van der Waals surface area contributed by atoms with Crippen molar-refractivity contribution in [3.05, 3.63) is 53.2 Å². The van der Waals surface area contributed by atoms with Gasteiger partial charge in [-0.3, -0.25) is 0 Å². The first-order valence-corrected chi connectivity index (χ1v) is 8.61. The van der Waals surface area contributed by atoms with E-state index in [4.69, 9.17) is 0 Å². The van der Waals surface area contributed by atoms with Crippen LogP contribution in [0.25, 0.3) is 16.3 Å². The molecule has 2 aromatic carbocycles. The second-order valence-corrected chi connectivity index (χ2v) is 5.42. The van der Waals surface area contributed by atoms with E-state index in [0.29, 0.717) is 0 Å². The van der Waals surface area contributed by atoms with Crippen LogP contribution in [0.4, 0.5) is 0 Å². The first kappa shape index (κ1) is 18.3. The Labute approximate surface area is 136 Å². The minimum absolute atomic E-state index is 0.948. The van der Waals surface area contributed by atoms with Gasteiger partial charge in [-0.25, -0.2) is 0 Å². The van der Waals surface area contributed by atoms with Crippen LogP contribution in [0.1, 0.15) is 65.5 Å². The maximum absolute atomic E-state index is 3.43. The molecule has 1 nitrogen and oxygen atoms in total. The summed E-state index contributed by atoms with van der Waals surface area (Å²) in [7, 11) is 0. The molecule has 0 aliphatic carbocycles. The standard InChI is InChI=1S/C15H15N.C4H10.C2H6/c1-10-11(2)16-9-13-8-7-12-5-3-4-6-14(12)15(10)13;1-3-4-2;1-2/h3-8,16H,9H2,1-2H3;3-4H2,1-2H3;1-2H3. The number of fused-ring (bicyclic) bond motifs is 3. The van der Waals surface area contributed by atoms with E-state index in [0.717, 1.165) is 6.54 Å². The number of hydrogen-bond donors (Lipinski definition) is 1. The summed E-state index contributed by atoms with van der Waals surface area (Å²) in [6, 6.07) is 13.1. The van der Waals surface area contributed by atoms with Crippen LogP contribution in [0.3, 0.4) is 0 Å². The fourth-order valence-corrected chi connectivity index (χ4v) is 2.45. The molecule has 0 radical (unpaired) electrons. The highest BCUT2D eigenvalue weighted by atomic mass is 14.9. The van der Waals surface area contributed by atoms with Crippen LogP contribution < -0.4 is 5.32 Å². The molecule has 0 unspecified atom stereocenters. The van der Waals surface area contributed by atoms with Crippen molar-refractivity contribution >= 4 is 16.3 Å². The summed E-state index contributed by atoms with van der Waals surface area (Å²) in [5, 5.41) is 6.13. The molecule has 0 spiro atoms. The number of allylic oxidation sites excluding steroid dienone is 2. The quantitative estimate of drug-likeness (QED) is 0.631. The third kappa shape index (κ3) is 4.13. The van der Waals surface area contributed by atoms with Gasteiger partial charge in [0.05, 0.1) is 0 Å². The molecule has 1 aliphatic rings. The van der Waals surface area contributed by atoms with Gasteiger partial charge < -0.3 is 5.32 Å². The molecule has 0 saturated heterocycles. The van der Waals surface area contributed by atoms with Crippen molar-refractivity contribution in [2.45, 2.75) is 60.9 Å². The predicted molar refractivity (Wildman–Crippen MR) is 101 cm³/mol. The van der Waals surface area contributed by atoms with Crippen molar-refractivity contribution in [1.82, 2.24) is 5.32 Å². The zero-order chi connectivity index (χ0) is 16.5. The lowest BCUT2D eigenvalue weighted by Gasteiger charge is -2.22. The molecule has 1 N–H and O–H groups in total. The fraction of sp³-hybridized carbons (Fsp3) is 0.429. The highest BCUT2D eigenvalue weighted by molar-refractivity contribution is 5.95. The van der Waals surface area contributed by atoms with Gasteiger partial charge in [0.1, 0.15) is 0 Å². The lowest BCUT2D eigenvalue weighted by Crippen LogP contribution is -2.18. The van der Waals surface area contributed by atoms with Gasteiger partial charge in [0.2, 0.25) is 0 Å². The van der Waals surface area contributed by atoms with Gasteiger partial charge >= 0.3 is 0 Å². The van der Waals surface area contributed by atoms with Gasteiger partial charge in [0.25, 0.3) is 0 Å². The van der Waals surface area contributed by atoms with Crippen molar-refractivity contribution in [1.29, 1.82) is 0 Å². The summed E-state index contributed by atoms with van der Waals surface area (Å²) in [5.41, 5.74) is 5.50. The van der Waals surface area contributed by atoms with E-state index in [1.165, 1.54) is 46.0 Å². The lowest BCUT2D eigenvalue weighted by atomic mass is 9.91. The van der Waals surface area contributed by atoms with E-state index >= 15 is 0 Å². The monoisotopic (exact) mass is 297 g/mol. The van der Waals surface area contributed by atoms with Gasteiger partial charge in [-0.05, 0) is 41.3 Å². The summed E-state index contributed by atoms with van der Waals surface area (Å²) >= 11 is 0. The van der Waals surface area contributed by atoms with Crippen molar-refractivity contribution in [2.75, 3.05) is 0 Å². The molecule has 0 amide bonds. The minimum Gasteiger partial charge on any atom is -0.384 e. The Bertz CT molecular complexity index is 621. The van der Waals surface area contributed by atoms with E-state index in [9.17, 15) is 0 Å². The Balaban J connectivity index is 0.000000354. The molecular formula is C21H31N. The van der Waals surface area contributed by atoms with Crippen LogP contribution in [0.2, 0.25) is 0 Å². The largest absolute Gasteiger partial charge is 0.384 e. The molecule has 0 bridgehead atoms. The average Bonchev–Trinajstić information content (AvgIpc) is 2.59. The third-order valence-electron chi connectivity index (χ3n) is 4.00. The van der Waals surface area contributed by atoms with Crippen LogP contribution in [-0.2, 0) is 6.54 Å². The Morgan fingerprint density at radius 2 is 1.55 bits per heavy atom. The maximum Gasteiger partial charge on any atom is 0.0404 e. The summed E-state index contributed by atoms with van der Waals surface area (Å²) < 4.78 is 0. The molecule has 2 aromatic rings. The average molecular weight is 297 g/mol. The molecule has 1 heterocycles.